The lowest BCUT2D eigenvalue weighted by Crippen LogP contribution is -2.12. The van der Waals surface area contributed by atoms with Crippen LogP contribution in [0, 0.1) is 11.7 Å². The van der Waals surface area contributed by atoms with Gasteiger partial charge in [0.05, 0.1) is 17.1 Å². The molecule has 1 unspecified atom stereocenters. The molecule has 0 saturated carbocycles. The molecule has 1 aliphatic heterocycles. The van der Waals surface area contributed by atoms with Gasteiger partial charge in [-0.2, -0.15) is 10.2 Å². The number of nitrogens with two attached hydrogens (primary N) is 1. The van der Waals surface area contributed by atoms with Crippen molar-refractivity contribution in [2.75, 3.05) is 5.73 Å². The Labute approximate surface area is 203 Å². The Balaban J connectivity index is 1.68. The van der Waals surface area contributed by atoms with E-state index in [0.717, 1.165) is 58.7 Å². The molecule has 2 N–H and O–H groups in total. The van der Waals surface area contributed by atoms with Gasteiger partial charge in [-0.05, 0) is 49.9 Å². The molecule has 1 aliphatic carbocycles. The van der Waals surface area contributed by atoms with Crippen LogP contribution >= 0.6 is 0 Å². The molecule has 1 aromatic carbocycles. The molecule has 2 aliphatic rings. The van der Waals surface area contributed by atoms with Gasteiger partial charge in [-0.3, -0.25) is 9.36 Å². The van der Waals surface area contributed by atoms with E-state index in [2.05, 4.69) is 29.7 Å². The van der Waals surface area contributed by atoms with Gasteiger partial charge in [-0.1, -0.05) is 13.8 Å². The minimum Gasteiger partial charge on any atom is -0.482 e. The lowest BCUT2D eigenvalue weighted by molar-refractivity contribution is 0.227. The van der Waals surface area contributed by atoms with Crippen LogP contribution in [-0.2, 0) is 20.0 Å². The standard InChI is InChI=1S/C27H29FN6O/c1-14(2)12-34-26-16-9-23(27(29)30-11-16)35-15(3)20-10-17(28)5-6-19(20)25-21(13-33(4)32-25)18-7-8-22(31-34)24(18)26/h5-6,9-11,13-15,18H,7-8,12H2,1-4H3,(H2,29,30)/t15-,18?/m1/s1. The molecular formula is C27H29FN6O. The van der Waals surface area contributed by atoms with Crippen molar-refractivity contribution >= 4 is 5.82 Å². The number of halogens is 1. The van der Waals surface area contributed by atoms with Crippen LogP contribution in [-0.4, -0.2) is 24.5 Å². The van der Waals surface area contributed by atoms with E-state index in [9.17, 15) is 4.39 Å². The Morgan fingerprint density at radius 1 is 1.20 bits per heavy atom. The maximum absolute atomic E-state index is 14.4. The molecule has 35 heavy (non-hydrogen) atoms. The predicted molar refractivity (Wildman–Crippen MR) is 133 cm³/mol. The Morgan fingerprint density at radius 2 is 2.03 bits per heavy atom. The fraction of sp³-hybridized carbons (Fsp3) is 0.370. The summed E-state index contributed by atoms with van der Waals surface area (Å²) in [7, 11) is 1.93. The first kappa shape index (κ1) is 21.8. The molecule has 4 heterocycles. The zero-order valence-electron chi connectivity index (χ0n) is 20.4. The largest absolute Gasteiger partial charge is 0.482 e. The molecule has 3 aromatic heterocycles. The number of hydrogen-bond acceptors (Lipinski definition) is 5. The summed E-state index contributed by atoms with van der Waals surface area (Å²) < 4.78 is 24.7. The second-order valence-corrected chi connectivity index (χ2v) is 10.1. The van der Waals surface area contributed by atoms with E-state index in [1.54, 1.807) is 12.3 Å². The molecule has 180 valence electrons. The number of nitrogens with zero attached hydrogens (tertiary/aromatic N) is 5. The second-order valence-electron chi connectivity index (χ2n) is 10.1. The molecule has 0 amide bonds. The van der Waals surface area contributed by atoms with Gasteiger partial charge < -0.3 is 10.5 Å². The highest BCUT2D eigenvalue weighted by molar-refractivity contribution is 5.74. The van der Waals surface area contributed by atoms with Crippen molar-refractivity contribution in [3.63, 3.8) is 0 Å². The number of aromatic nitrogens is 5. The number of hydrogen-bond donors (Lipinski definition) is 1. The number of ether oxygens (including phenoxy) is 1. The number of aryl methyl sites for hydroxylation is 2. The molecule has 4 aromatic rings. The molecule has 0 saturated heterocycles. The van der Waals surface area contributed by atoms with Crippen molar-refractivity contribution in [1.29, 1.82) is 0 Å². The Bertz CT molecular complexity index is 1450. The van der Waals surface area contributed by atoms with Crippen molar-refractivity contribution in [2.45, 2.75) is 52.2 Å². The first-order valence-corrected chi connectivity index (χ1v) is 12.2. The molecular weight excluding hydrogens is 443 g/mol. The summed E-state index contributed by atoms with van der Waals surface area (Å²) in [6.45, 7) is 7.09. The monoisotopic (exact) mass is 472 g/mol. The number of anilines is 1. The summed E-state index contributed by atoms with van der Waals surface area (Å²) in [6, 6.07) is 6.77. The number of nitrogen functional groups attached to an aromatic ring is 1. The summed E-state index contributed by atoms with van der Waals surface area (Å²) in [5, 5.41) is 9.90. The van der Waals surface area contributed by atoms with Crippen molar-refractivity contribution in [1.82, 2.24) is 24.5 Å². The molecule has 0 radical (unpaired) electrons. The highest BCUT2D eigenvalue weighted by atomic mass is 19.1. The lowest BCUT2D eigenvalue weighted by atomic mass is 9.88. The average Bonchev–Trinajstić information content (AvgIpc) is 3.47. The smallest absolute Gasteiger partial charge is 0.166 e. The number of benzene rings is 1. The van der Waals surface area contributed by atoms with Gasteiger partial charge in [0.2, 0.25) is 0 Å². The third kappa shape index (κ3) is 3.50. The first-order valence-electron chi connectivity index (χ1n) is 12.2. The average molecular weight is 473 g/mol. The SMILES string of the molecule is CC(C)Cn1nc2c3c1-c1cnc(N)c(c1)O[C@H](C)c1cc(F)ccc1-c1nn(C)cc1C3CC2. The fourth-order valence-electron chi connectivity index (χ4n) is 5.58. The minimum atomic E-state index is -0.464. The van der Waals surface area contributed by atoms with Crippen molar-refractivity contribution in [3.8, 4) is 28.3 Å². The maximum atomic E-state index is 14.4. The zero-order chi connectivity index (χ0) is 24.4. The normalized spacial score (nSPS) is 18.3. The van der Waals surface area contributed by atoms with Crippen LogP contribution in [0.5, 0.6) is 5.75 Å². The Morgan fingerprint density at radius 3 is 2.83 bits per heavy atom. The van der Waals surface area contributed by atoms with Crippen LogP contribution in [0.2, 0.25) is 0 Å². The van der Waals surface area contributed by atoms with Crippen molar-refractivity contribution in [2.24, 2.45) is 13.0 Å². The highest BCUT2D eigenvalue weighted by Crippen LogP contribution is 2.48. The third-order valence-corrected chi connectivity index (χ3v) is 7.02. The predicted octanol–water partition coefficient (Wildman–Crippen LogP) is 5.25. The first-order chi connectivity index (χ1) is 16.8. The maximum Gasteiger partial charge on any atom is 0.166 e. The Kier molecular flexibility index (Phi) is 4.95. The number of pyridine rings is 1. The van der Waals surface area contributed by atoms with Crippen LogP contribution in [0.3, 0.4) is 0 Å². The van der Waals surface area contributed by atoms with E-state index < -0.39 is 6.10 Å². The van der Waals surface area contributed by atoms with Gasteiger partial charge in [-0.25, -0.2) is 9.37 Å². The van der Waals surface area contributed by atoms with Gasteiger partial charge in [0.25, 0.3) is 0 Å². The summed E-state index contributed by atoms with van der Waals surface area (Å²) in [6.07, 6.45) is 5.28. The topological polar surface area (TPSA) is 83.8 Å². The summed E-state index contributed by atoms with van der Waals surface area (Å²) in [5.74, 6) is 1.02. The minimum absolute atomic E-state index is 0.124. The Hall–Kier alpha value is -3.68. The fourth-order valence-corrected chi connectivity index (χ4v) is 5.58. The molecule has 0 spiro atoms. The number of rotatable bonds is 2. The van der Waals surface area contributed by atoms with Gasteiger partial charge in [0.1, 0.15) is 11.9 Å². The van der Waals surface area contributed by atoms with Gasteiger partial charge in [0, 0.05) is 59.7 Å². The molecule has 8 heteroatoms. The van der Waals surface area contributed by atoms with E-state index in [0.29, 0.717) is 17.5 Å². The van der Waals surface area contributed by atoms with E-state index in [1.807, 2.05) is 24.7 Å². The van der Waals surface area contributed by atoms with E-state index in [1.165, 1.54) is 17.7 Å². The number of fused-ring (bicyclic) bond motifs is 7. The van der Waals surface area contributed by atoms with Gasteiger partial charge in [0.15, 0.2) is 11.6 Å². The quantitative estimate of drug-likeness (QED) is 0.431. The second kappa shape index (κ2) is 7.93. The lowest BCUT2D eigenvalue weighted by Gasteiger charge is -2.22. The van der Waals surface area contributed by atoms with E-state index in [-0.39, 0.29) is 11.7 Å². The van der Waals surface area contributed by atoms with Crippen LogP contribution < -0.4 is 10.5 Å². The van der Waals surface area contributed by atoms with Gasteiger partial charge >= 0.3 is 0 Å². The highest BCUT2D eigenvalue weighted by Gasteiger charge is 2.36. The zero-order valence-corrected chi connectivity index (χ0v) is 20.4. The van der Waals surface area contributed by atoms with E-state index >= 15 is 0 Å². The third-order valence-electron chi connectivity index (χ3n) is 7.02. The van der Waals surface area contributed by atoms with Crippen molar-refractivity contribution < 1.29 is 9.13 Å². The van der Waals surface area contributed by atoms with E-state index in [4.69, 9.17) is 20.7 Å². The van der Waals surface area contributed by atoms with Gasteiger partial charge in [-0.15, -0.1) is 0 Å². The van der Waals surface area contributed by atoms with Crippen LogP contribution in [0.25, 0.3) is 22.5 Å². The summed E-state index contributed by atoms with van der Waals surface area (Å²) >= 11 is 0. The van der Waals surface area contributed by atoms with Crippen molar-refractivity contribution in [3.05, 3.63) is 64.9 Å². The molecule has 7 nitrogen and oxygen atoms in total. The van der Waals surface area contributed by atoms with Crippen LogP contribution in [0.1, 0.15) is 61.6 Å². The molecule has 6 rings (SSSR count). The summed E-state index contributed by atoms with van der Waals surface area (Å²) in [4.78, 5) is 4.48. The summed E-state index contributed by atoms with van der Waals surface area (Å²) in [5.41, 5.74) is 14.1. The molecule has 0 fully saturated rings. The van der Waals surface area contributed by atoms with Crippen LogP contribution in [0.15, 0.2) is 36.7 Å². The van der Waals surface area contributed by atoms with Crippen LogP contribution in [0.4, 0.5) is 10.2 Å². The molecule has 2 atom stereocenters. The molecule has 2 bridgehead atoms.